The number of piperidine rings is 1. The Balaban J connectivity index is 1.91. The zero-order valence-electron chi connectivity index (χ0n) is 11.6. The molecular weight excluding hydrogens is 228 g/mol. The molecule has 4 heteroatoms. The highest BCUT2D eigenvalue weighted by atomic mass is 16.3. The van der Waals surface area contributed by atoms with Crippen molar-refractivity contribution in [2.45, 2.75) is 50.7 Å². The molecule has 2 rings (SSSR count). The summed E-state index contributed by atoms with van der Waals surface area (Å²) < 4.78 is 0. The monoisotopic (exact) mass is 254 g/mol. The lowest BCUT2D eigenvalue weighted by Crippen LogP contribution is -2.49. The number of amides is 1. The van der Waals surface area contributed by atoms with E-state index in [-0.39, 0.29) is 24.0 Å². The summed E-state index contributed by atoms with van der Waals surface area (Å²) in [7, 11) is 3.98. The van der Waals surface area contributed by atoms with Crippen LogP contribution in [0.2, 0.25) is 0 Å². The molecular formula is C14H26N2O2. The molecule has 4 nitrogen and oxygen atoms in total. The molecule has 18 heavy (non-hydrogen) atoms. The summed E-state index contributed by atoms with van der Waals surface area (Å²) in [5.41, 5.74) is 0. The van der Waals surface area contributed by atoms with Crippen LogP contribution in [0.5, 0.6) is 0 Å². The van der Waals surface area contributed by atoms with E-state index in [0.29, 0.717) is 0 Å². The van der Waals surface area contributed by atoms with E-state index in [2.05, 4.69) is 11.9 Å². The van der Waals surface area contributed by atoms with Crippen LogP contribution in [0.15, 0.2) is 0 Å². The molecule has 0 unspecified atom stereocenters. The number of aliphatic hydroxyl groups is 1. The summed E-state index contributed by atoms with van der Waals surface area (Å²) in [6.45, 7) is 2.02. The fourth-order valence-electron chi connectivity index (χ4n) is 3.25. The Kier molecular flexibility index (Phi) is 4.62. The number of nitrogens with zero attached hydrogens (tertiary/aromatic N) is 2. The Hall–Kier alpha value is -0.610. The van der Waals surface area contributed by atoms with Crippen LogP contribution in [0.25, 0.3) is 0 Å². The Morgan fingerprint density at radius 2 is 1.78 bits per heavy atom. The molecule has 1 N–H and O–H groups in total. The van der Waals surface area contributed by atoms with Gasteiger partial charge in [-0.3, -0.25) is 4.79 Å². The second-order valence-corrected chi connectivity index (χ2v) is 5.95. The van der Waals surface area contributed by atoms with Crippen LogP contribution in [-0.4, -0.2) is 60.1 Å². The molecule has 0 aromatic heterocycles. The highest BCUT2D eigenvalue weighted by Crippen LogP contribution is 2.25. The van der Waals surface area contributed by atoms with E-state index in [4.69, 9.17) is 0 Å². The number of likely N-dealkylation sites (N-methyl/N-ethyl adjacent to an activating group) is 1. The first kappa shape index (κ1) is 13.8. The quantitative estimate of drug-likeness (QED) is 0.802. The van der Waals surface area contributed by atoms with Crippen LogP contribution >= 0.6 is 0 Å². The number of aliphatic hydroxyl groups excluding tert-OH is 1. The Labute approximate surface area is 110 Å². The van der Waals surface area contributed by atoms with Gasteiger partial charge in [0.15, 0.2) is 0 Å². The minimum Gasteiger partial charge on any atom is -0.391 e. The first-order valence-corrected chi connectivity index (χ1v) is 7.23. The number of carbonyl (C=O) groups excluding carboxylic acids is 1. The standard InChI is InChI=1S/C14H26N2O2/c1-15-9-7-11(8-10-15)14(18)16(2)12-5-3-4-6-13(12)17/h11-13,17H,3-10H2,1-2H3/t12-,13-/m1/s1. The minimum atomic E-state index is -0.320. The fourth-order valence-corrected chi connectivity index (χ4v) is 3.25. The van der Waals surface area contributed by atoms with Crippen LogP contribution in [0.3, 0.4) is 0 Å². The second-order valence-electron chi connectivity index (χ2n) is 5.95. The molecule has 2 fully saturated rings. The molecule has 0 aromatic carbocycles. The van der Waals surface area contributed by atoms with Crippen LogP contribution in [0, 0.1) is 5.92 Å². The topological polar surface area (TPSA) is 43.8 Å². The molecule has 1 saturated heterocycles. The first-order chi connectivity index (χ1) is 8.59. The summed E-state index contributed by atoms with van der Waals surface area (Å²) in [6, 6.07) is 0.0471. The van der Waals surface area contributed by atoms with Gasteiger partial charge < -0.3 is 14.9 Å². The number of rotatable bonds is 2. The molecule has 104 valence electrons. The maximum Gasteiger partial charge on any atom is 0.225 e. The van der Waals surface area contributed by atoms with Gasteiger partial charge >= 0.3 is 0 Å². The molecule has 1 aliphatic heterocycles. The van der Waals surface area contributed by atoms with Crippen molar-refractivity contribution < 1.29 is 9.90 Å². The SMILES string of the molecule is CN1CCC(C(=O)N(C)[C@@H]2CCCC[C@H]2O)CC1. The summed E-state index contributed by atoms with van der Waals surface area (Å²) in [5, 5.41) is 10.0. The largest absolute Gasteiger partial charge is 0.391 e. The van der Waals surface area contributed by atoms with Gasteiger partial charge in [-0.2, -0.15) is 0 Å². The molecule has 1 amide bonds. The molecule has 1 aliphatic carbocycles. The molecule has 0 spiro atoms. The third-order valence-electron chi connectivity index (χ3n) is 4.61. The first-order valence-electron chi connectivity index (χ1n) is 7.23. The van der Waals surface area contributed by atoms with Crippen molar-refractivity contribution in [1.82, 2.24) is 9.80 Å². The van der Waals surface area contributed by atoms with Gasteiger partial charge in [0, 0.05) is 13.0 Å². The van der Waals surface area contributed by atoms with Crippen molar-refractivity contribution >= 4 is 5.91 Å². The highest BCUT2D eigenvalue weighted by molar-refractivity contribution is 5.79. The van der Waals surface area contributed by atoms with Gasteiger partial charge in [0.1, 0.15) is 0 Å². The lowest BCUT2D eigenvalue weighted by molar-refractivity contribution is -0.141. The van der Waals surface area contributed by atoms with Gasteiger partial charge in [-0.1, -0.05) is 12.8 Å². The molecule has 2 atom stereocenters. The Bertz CT molecular complexity index is 288. The Morgan fingerprint density at radius 1 is 1.17 bits per heavy atom. The molecule has 1 heterocycles. The van der Waals surface area contributed by atoms with Gasteiger partial charge in [-0.25, -0.2) is 0 Å². The van der Waals surface area contributed by atoms with Gasteiger partial charge in [0.05, 0.1) is 12.1 Å². The van der Waals surface area contributed by atoms with E-state index >= 15 is 0 Å². The number of carbonyl (C=O) groups is 1. The predicted octanol–water partition coefficient (Wildman–Crippen LogP) is 1.09. The average molecular weight is 254 g/mol. The van der Waals surface area contributed by atoms with Crippen molar-refractivity contribution in [3.8, 4) is 0 Å². The molecule has 1 saturated carbocycles. The van der Waals surface area contributed by atoms with Crippen molar-refractivity contribution in [3.05, 3.63) is 0 Å². The van der Waals surface area contributed by atoms with E-state index < -0.39 is 0 Å². The van der Waals surface area contributed by atoms with Crippen LogP contribution in [-0.2, 0) is 4.79 Å². The minimum absolute atomic E-state index is 0.0471. The van der Waals surface area contributed by atoms with Crippen molar-refractivity contribution in [2.75, 3.05) is 27.2 Å². The van der Waals surface area contributed by atoms with Crippen LogP contribution < -0.4 is 0 Å². The maximum atomic E-state index is 12.4. The van der Waals surface area contributed by atoms with E-state index in [0.717, 1.165) is 51.6 Å². The number of hydrogen-bond donors (Lipinski definition) is 1. The van der Waals surface area contributed by atoms with E-state index in [1.807, 2.05) is 11.9 Å². The summed E-state index contributed by atoms with van der Waals surface area (Å²) in [6.07, 6.45) is 5.62. The molecule has 2 aliphatic rings. The van der Waals surface area contributed by atoms with Crippen LogP contribution in [0.1, 0.15) is 38.5 Å². The van der Waals surface area contributed by atoms with E-state index in [9.17, 15) is 9.90 Å². The summed E-state index contributed by atoms with van der Waals surface area (Å²) in [4.78, 5) is 16.6. The third kappa shape index (κ3) is 3.04. The van der Waals surface area contributed by atoms with Crippen molar-refractivity contribution in [1.29, 1.82) is 0 Å². The average Bonchev–Trinajstić information content (AvgIpc) is 2.38. The van der Waals surface area contributed by atoms with Gasteiger partial charge in [0.25, 0.3) is 0 Å². The lowest BCUT2D eigenvalue weighted by atomic mass is 9.89. The number of hydrogen-bond acceptors (Lipinski definition) is 3. The smallest absolute Gasteiger partial charge is 0.225 e. The normalized spacial score (nSPS) is 31.3. The van der Waals surface area contributed by atoms with Crippen molar-refractivity contribution in [2.24, 2.45) is 5.92 Å². The molecule has 0 radical (unpaired) electrons. The zero-order valence-corrected chi connectivity index (χ0v) is 11.6. The van der Waals surface area contributed by atoms with E-state index in [1.165, 1.54) is 0 Å². The molecule has 0 bridgehead atoms. The van der Waals surface area contributed by atoms with Crippen LogP contribution in [0.4, 0.5) is 0 Å². The fraction of sp³-hybridized carbons (Fsp3) is 0.929. The number of likely N-dealkylation sites (tertiary alicyclic amines) is 1. The lowest BCUT2D eigenvalue weighted by Gasteiger charge is -2.38. The zero-order chi connectivity index (χ0) is 13.1. The van der Waals surface area contributed by atoms with Gasteiger partial charge in [-0.15, -0.1) is 0 Å². The van der Waals surface area contributed by atoms with Crippen molar-refractivity contribution in [3.63, 3.8) is 0 Å². The Morgan fingerprint density at radius 3 is 2.39 bits per heavy atom. The van der Waals surface area contributed by atoms with E-state index in [1.54, 1.807) is 0 Å². The summed E-state index contributed by atoms with van der Waals surface area (Å²) >= 11 is 0. The predicted molar refractivity (Wildman–Crippen MR) is 71.3 cm³/mol. The third-order valence-corrected chi connectivity index (χ3v) is 4.61. The second kappa shape index (κ2) is 6.02. The molecule has 0 aromatic rings. The van der Waals surface area contributed by atoms with Gasteiger partial charge in [-0.05, 0) is 45.8 Å². The highest BCUT2D eigenvalue weighted by Gasteiger charge is 2.33. The maximum absolute atomic E-state index is 12.4. The van der Waals surface area contributed by atoms with Gasteiger partial charge in [0.2, 0.25) is 5.91 Å². The summed E-state index contributed by atoms with van der Waals surface area (Å²) in [5.74, 6) is 0.411.